The van der Waals surface area contributed by atoms with Gasteiger partial charge in [-0.3, -0.25) is 0 Å². The number of benzene rings is 1. The molecule has 0 amide bonds. The molecule has 116 valence electrons. The van der Waals surface area contributed by atoms with Gasteiger partial charge in [0.1, 0.15) is 0 Å². The molecule has 3 atom stereocenters. The molecule has 0 aliphatic carbocycles. The van der Waals surface area contributed by atoms with Gasteiger partial charge in [0.25, 0.3) is 6.43 Å². The van der Waals surface area contributed by atoms with Gasteiger partial charge in [0.2, 0.25) is 0 Å². The summed E-state index contributed by atoms with van der Waals surface area (Å²) < 4.78 is 36.8. The van der Waals surface area contributed by atoms with Crippen LogP contribution in [0.3, 0.4) is 0 Å². The Morgan fingerprint density at radius 3 is 2.76 bits per heavy atom. The van der Waals surface area contributed by atoms with Crippen LogP contribution in [-0.4, -0.2) is 30.5 Å². The van der Waals surface area contributed by atoms with Gasteiger partial charge < -0.3 is 14.6 Å². The second kappa shape index (κ2) is 5.99. The minimum atomic E-state index is -2.51. The fraction of sp³-hybridized carbons (Fsp3) is 0.625. The normalized spacial score (nSPS) is 31.0. The molecule has 5 heteroatoms. The van der Waals surface area contributed by atoms with E-state index in [4.69, 9.17) is 9.47 Å². The number of hydrogen-bond donors (Lipinski definition) is 1. The summed E-state index contributed by atoms with van der Waals surface area (Å²) in [5.74, 6) is 0.0216. The lowest BCUT2D eigenvalue weighted by Crippen LogP contribution is -2.41. The molecule has 1 aromatic carbocycles. The Balaban J connectivity index is 1.75. The molecule has 1 spiro atoms. The first kappa shape index (κ1) is 14.9. The third-order valence-electron chi connectivity index (χ3n) is 4.55. The van der Waals surface area contributed by atoms with Gasteiger partial charge in [-0.15, -0.1) is 0 Å². The first-order valence-corrected chi connectivity index (χ1v) is 7.37. The molecule has 2 heterocycles. The van der Waals surface area contributed by atoms with Gasteiger partial charge in [-0.05, 0) is 30.4 Å². The maximum absolute atomic E-state index is 12.8. The van der Waals surface area contributed by atoms with E-state index in [1.54, 1.807) is 12.1 Å². The van der Waals surface area contributed by atoms with Crippen LogP contribution >= 0.6 is 0 Å². The fourth-order valence-electron chi connectivity index (χ4n) is 3.35. The molecule has 0 radical (unpaired) electrons. The smallest absolute Gasteiger partial charge is 0.263 e. The largest absolute Gasteiger partial charge is 0.388 e. The summed E-state index contributed by atoms with van der Waals surface area (Å²) in [5, 5.41) is 10.6. The minimum Gasteiger partial charge on any atom is -0.388 e. The average Bonchev–Trinajstić information content (AvgIpc) is 2.94. The molecule has 21 heavy (non-hydrogen) atoms. The maximum atomic E-state index is 12.8. The van der Waals surface area contributed by atoms with Gasteiger partial charge in [-0.1, -0.05) is 18.2 Å². The first-order valence-electron chi connectivity index (χ1n) is 7.37. The number of rotatable bonds is 3. The van der Waals surface area contributed by atoms with Crippen molar-refractivity contribution in [2.45, 2.75) is 37.4 Å². The summed E-state index contributed by atoms with van der Waals surface area (Å²) in [6.07, 6.45) is -0.950. The van der Waals surface area contributed by atoms with Gasteiger partial charge >= 0.3 is 0 Å². The van der Waals surface area contributed by atoms with E-state index < -0.39 is 12.5 Å². The van der Waals surface area contributed by atoms with Gasteiger partial charge in [0, 0.05) is 25.2 Å². The Labute approximate surface area is 122 Å². The van der Waals surface area contributed by atoms with Crippen molar-refractivity contribution in [1.82, 2.24) is 0 Å². The van der Waals surface area contributed by atoms with Crippen LogP contribution in [0.15, 0.2) is 24.3 Å². The molecular formula is C16H20F2O3. The van der Waals surface area contributed by atoms with E-state index >= 15 is 0 Å². The molecule has 3 nitrogen and oxygen atoms in total. The molecule has 2 saturated heterocycles. The van der Waals surface area contributed by atoms with Crippen molar-refractivity contribution >= 4 is 0 Å². The molecule has 3 rings (SSSR count). The summed E-state index contributed by atoms with van der Waals surface area (Å²) in [4.78, 5) is 0. The number of alkyl halides is 2. The summed E-state index contributed by atoms with van der Waals surface area (Å²) in [6.45, 7) is 1.83. The lowest BCUT2D eigenvalue weighted by molar-refractivity contribution is -0.117. The summed E-state index contributed by atoms with van der Waals surface area (Å²) in [7, 11) is 0. The zero-order valence-electron chi connectivity index (χ0n) is 11.8. The van der Waals surface area contributed by atoms with Crippen molar-refractivity contribution in [1.29, 1.82) is 0 Å². The van der Waals surface area contributed by atoms with Gasteiger partial charge in [0.05, 0.1) is 18.3 Å². The highest BCUT2D eigenvalue weighted by atomic mass is 19.3. The van der Waals surface area contributed by atoms with Gasteiger partial charge in [0.15, 0.2) is 0 Å². The maximum Gasteiger partial charge on any atom is 0.263 e. The Morgan fingerprint density at radius 2 is 2.05 bits per heavy atom. The van der Waals surface area contributed by atoms with E-state index in [0.717, 1.165) is 12.8 Å². The highest BCUT2D eigenvalue weighted by molar-refractivity contribution is 5.26. The van der Waals surface area contributed by atoms with E-state index in [9.17, 15) is 13.9 Å². The predicted molar refractivity (Wildman–Crippen MR) is 73.2 cm³/mol. The molecule has 0 bridgehead atoms. The zero-order valence-corrected chi connectivity index (χ0v) is 11.8. The topological polar surface area (TPSA) is 38.7 Å². The Bertz CT molecular complexity index is 486. The quantitative estimate of drug-likeness (QED) is 0.931. The second-order valence-electron chi connectivity index (χ2n) is 6.00. The van der Waals surface area contributed by atoms with Crippen LogP contribution in [0.25, 0.3) is 0 Å². The second-order valence-corrected chi connectivity index (χ2v) is 6.00. The molecule has 2 aliphatic heterocycles. The number of aliphatic hydroxyl groups is 1. The summed E-state index contributed by atoms with van der Waals surface area (Å²) >= 11 is 0. The molecule has 2 fully saturated rings. The molecule has 2 aliphatic rings. The van der Waals surface area contributed by atoms with Gasteiger partial charge in [-0.25, -0.2) is 8.78 Å². The monoisotopic (exact) mass is 298 g/mol. The van der Waals surface area contributed by atoms with Crippen LogP contribution in [0.5, 0.6) is 0 Å². The third-order valence-corrected chi connectivity index (χ3v) is 4.55. The third kappa shape index (κ3) is 3.10. The Kier molecular flexibility index (Phi) is 4.24. The average molecular weight is 298 g/mol. The van der Waals surface area contributed by atoms with Gasteiger partial charge in [-0.2, -0.15) is 0 Å². The molecule has 0 saturated carbocycles. The van der Waals surface area contributed by atoms with E-state index in [2.05, 4.69) is 0 Å². The highest BCUT2D eigenvalue weighted by Crippen LogP contribution is 2.41. The zero-order chi connectivity index (χ0) is 14.9. The SMILES string of the molecule is OC(c1cccc(C(F)F)c1)C1CCOC2(CCOC2)C1. The van der Waals surface area contributed by atoms with E-state index in [0.29, 0.717) is 31.8 Å². The fourth-order valence-corrected chi connectivity index (χ4v) is 3.35. The molecule has 1 N–H and O–H groups in total. The van der Waals surface area contributed by atoms with Crippen LogP contribution in [0.1, 0.15) is 42.9 Å². The number of hydrogen-bond acceptors (Lipinski definition) is 3. The van der Waals surface area contributed by atoms with Crippen molar-refractivity contribution in [3.8, 4) is 0 Å². The van der Waals surface area contributed by atoms with Crippen LogP contribution in [0.4, 0.5) is 8.78 Å². The van der Waals surface area contributed by atoms with Crippen LogP contribution < -0.4 is 0 Å². The first-order chi connectivity index (χ1) is 10.1. The molecular weight excluding hydrogens is 278 g/mol. The number of halogens is 2. The Hall–Kier alpha value is -1.04. The van der Waals surface area contributed by atoms with E-state index in [1.807, 2.05) is 0 Å². The van der Waals surface area contributed by atoms with Crippen molar-refractivity contribution < 1.29 is 23.4 Å². The van der Waals surface area contributed by atoms with Crippen LogP contribution in [0, 0.1) is 5.92 Å². The van der Waals surface area contributed by atoms with Crippen molar-refractivity contribution in [2.24, 2.45) is 5.92 Å². The van der Waals surface area contributed by atoms with E-state index in [1.165, 1.54) is 12.1 Å². The van der Waals surface area contributed by atoms with Crippen LogP contribution in [-0.2, 0) is 9.47 Å². The summed E-state index contributed by atoms with van der Waals surface area (Å²) in [6, 6.07) is 6.08. The van der Waals surface area contributed by atoms with Crippen molar-refractivity contribution in [3.63, 3.8) is 0 Å². The molecule has 1 aromatic rings. The number of aliphatic hydroxyl groups excluding tert-OH is 1. The Morgan fingerprint density at radius 1 is 1.24 bits per heavy atom. The minimum absolute atomic E-state index is 0.0216. The van der Waals surface area contributed by atoms with E-state index in [-0.39, 0.29) is 17.1 Å². The lowest BCUT2D eigenvalue weighted by atomic mass is 9.80. The van der Waals surface area contributed by atoms with Crippen molar-refractivity contribution in [2.75, 3.05) is 19.8 Å². The summed E-state index contributed by atoms with van der Waals surface area (Å²) in [5.41, 5.74) is 0.232. The lowest BCUT2D eigenvalue weighted by Gasteiger charge is -2.39. The molecule has 3 unspecified atom stereocenters. The predicted octanol–water partition coefficient (Wildman–Crippen LogP) is 3.24. The highest BCUT2D eigenvalue weighted by Gasteiger charge is 2.43. The van der Waals surface area contributed by atoms with Crippen LogP contribution in [0.2, 0.25) is 0 Å². The standard InChI is InChI=1S/C16H20F2O3/c17-15(18)12-3-1-2-11(8-12)14(19)13-4-6-21-16(9-13)5-7-20-10-16/h1-3,8,13-15,19H,4-7,9-10H2. The number of ether oxygens (including phenoxy) is 2. The molecule has 0 aromatic heterocycles. The van der Waals surface area contributed by atoms with Crippen molar-refractivity contribution in [3.05, 3.63) is 35.4 Å².